The largest absolute Gasteiger partial charge is 0.494 e. The van der Waals surface area contributed by atoms with E-state index in [9.17, 15) is 4.79 Å². The van der Waals surface area contributed by atoms with Gasteiger partial charge in [-0.1, -0.05) is 115 Å². The maximum atomic E-state index is 14.5. The molecule has 0 saturated heterocycles. The summed E-state index contributed by atoms with van der Waals surface area (Å²) in [4.78, 5) is 19.7. The summed E-state index contributed by atoms with van der Waals surface area (Å²) in [5.74, 6) is 0.893. The Hall–Kier alpha value is -5.20. The van der Waals surface area contributed by atoms with Crippen molar-refractivity contribution in [2.45, 2.75) is 38.0 Å². The zero-order chi connectivity index (χ0) is 31.8. The van der Waals surface area contributed by atoms with Gasteiger partial charge in [-0.2, -0.15) is 0 Å². The van der Waals surface area contributed by atoms with Crippen LogP contribution in [0.3, 0.4) is 0 Å². The molecule has 2 atom stereocenters. The van der Waals surface area contributed by atoms with E-state index in [4.69, 9.17) is 19.6 Å². The van der Waals surface area contributed by atoms with Crippen LogP contribution in [0.4, 0.5) is 0 Å². The molecular weight excluding hydrogens is 572 g/mol. The van der Waals surface area contributed by atoms with Crippen molar-refractivity contribution < 1.29 is 19.4 Å². The molecule has 0 saturated carbocycles. The minimum atomic E-state index is -1.27. The monoisotopic (exact) mass is 610 g/mol. The molecule has 0 fully saturated rings. The molecule has 46 heavy (non-hydrogen) atoms. The molecule has 5 aromatic carbocycles. The second kappa shape index (κ2) is 14.3. The highest BCUT2D eigenvalue weighted by Crippen LogP contribution is 2.43. The third-order valence-corrected chi connectivity index (χ3v) is 8.20. The van der Waals surface area contributed by atoms with Gasteiger partial charge < -0.3 is 19.9 Å². The molecule has 6 nitrogen and oxygen atoms in total. The Kier molecular flexibility index (Phi) is 9.56. The number of benzene rings is 5. The molecule has 6 heteroatoms. The van der Waals surface area contributed by atoms with E-state index in [-0.39, 0.29) is 12.5 Å². The Morgan fingerprint density at radius 1 is 0.804 bits per heavy atom. The first-order chi connectivity index (χ1) is 22.5. The Morgan fingerprint density at radius 3 is 2.15 bits per heavy atom. The number of aliphatic hydroxyl groups excluding tert-OH is 1. The van der Waals surface area contributed by atoms with Crippen molar-refractivity contribution in [1.29, 1.82) is 0 Å². The number of aliphatic hydroxyl groups is 1. The molecule has 6 rings (SSSR count). The summed E-state index contributed by atoms with van der Waals surface area (Å²) in [6.07, 6.45) is 0.234. The van der Waals surface area contributed by atoms with E-state index in [0.717, 1.165) is 38.9 Å². The van der Waals surface area contributed by atoms with Crippen LogP contribution in [0.1, 0.15) is 40.3 Å². The van der Waals surface area contributed by atoms with Gasteiger partial charge in [-0.15, -0.1) is 0 Å². The van der Waals surface area contributed by atoms with E-state index >= 15 is 0 Å². The molecular formula is C40H38N2O4. The topological polar surface area (TPSA) is 80.2 Å². The molecule has 1 aliphatic rings. The summed E-state index contributed by atoms with van der Waals surface area (Å²) >= 11 is 0. The van der Waals surface area contributed by atoms with Gasteiger partial charge in [-0.3, -0.25) is 4.79 Å². The number of nitrogens with zero attached hydrogens (tertiary/aromatic N) is 1. The molecule has 232 valence electrons. The van der Waals surface area contributed by atoms with E-state index in [1.165, 1.54) is 0 Å². The molecule has 0 aliphatic carbocycles. The van der Waals surface area contributed by atoms with Gasteiger partial charge in [0.15, 0.2) is 11.6 Å². The minimum absolute atomic E-state index is 0.0753. The number of rotatable bonds is 12. The number of nitrogens with one attached hydrogen (secondary N) is 1. The normalized spacial score (nSPS) is 17.2. The number of carbonyl (C=O) groups excluding carboxylic acids is 1. The van der Waals surface area contributed by atoms with E-state index in [0.29, 0.717) is 37.6 Å². The highest BCUT2D eigenvalue weighted by atomic mass is 16.5. The molecule has 0 unspecified atom stereocenters. The van der Waals surface area contributed by atoms with Crippen molar-refractivity contribution in [3.63, 3.8) is 0 Å². The van der Waals surface area contributed by atoms with Crippen LogP contribution in [-0.2, 0) is 22.5 Å². The highest BCUT2D eigenvalue weighted by Gasteiger charge is 2.53. The predicted molar refractivity (Wildman–Crippen MR) is 182 cm³/mol. The SMILES string of the molecule is Cc1cccc(CNC(=O)[C@]2(Cc3ccccc3)N=C(c3ccc(OCCCO)cc3)O[C@@H]2c2ccc(-c3ccccc3)cc2)c1. The lowest BCUT2D eigenvalue weighted by molar-refractivity contribution is -0.129. The fourth-order valence-corrected chi connectivity index (χ4v) is 5.83. The van der Waals surface area contributed by atoms with Crippen molar-refractivity contribution in [2.75, 3.05) is 13.2 Å². The van der Waals surface area contributed by atoms with Crippen molar-refractivity contribution >= 4 is 11.8 Å². The van der Waals surface area contributed by atoms with Gasteiger partial charge in [0.25, 0.3) is 5.91 Å². The molecule has 1 amide bonds. The summed E-state index contributed by atoms with van der Waals surface area (Å²) in [5.41, 5.74) is 5.68. The molecule has 2 N–H and O–H groups in total. The van der Waals surface area contributed by atoms with Crippen LogP contribution in [0.25, 0.3) is 11.1 Å². The first-order valence-electron chi connectivity index (χ1n) is 15.7. The summed E-state index contributed by atoms with van der Waals surface area (Å²) in [5, 5.41) is 12.3. The van der Waals surface area contributed by atoms with Gasteiger partial charge in [0.2, 0.25) is 5.90 Å². The van der Waals surface area contributed by atoms with Gasteiger partial charge in [-0.25, -0.2) is 4.99 Å². The summed E-state index contributed by atoms with van der Waals surface area (Å²) in [6, 6.07) is 44.1. The smallest absolute Gasteiger partial charge is 0.252 e. The number of ether oxygens (including phenoxy) is 2. The van der Waals surface area contributed by atoms with Crippen LogP contribution in [0.5, 0.6) is 5.75 Å². The van der Waals surface area contributed by atoms with Gasteiger partial charge in [-0.05, 0) is 59.0 Å². The average Bonchev–Trinajstić information content (AvgIpc) is 3.49. The lowest BCUT2D eigenvalue weighted by Crippen LogP contribution is -2.49. The van der Waals surface area contributed by atoms with E-state index in [1.807, 2.05) is 110 Å². The van der Waals surface area contributed by atoms with Crippen molar-refractivity contribution in [3.05, 3.63) is 161 Å². The van der Waals surface area contributed by atoms with Gasteiger partial charge in [0, 0.05) is 31.6 Å². The average molecular weight is 611 g/mol. The number of aryl methyl sites for hydroxylation is 1. The Labute approximate surface area is 270 Å². The van der Waals surface area contributed by atoms with Crippen LogP contribution in [0, 0.1) is 6.92 Å². The molecule has 5 aromatic rings. The first kappa shape index (κ1) is 30.8. The molecule has 1 aliphatic heterocycles. The maximum Gasteiger partial charge on any atom is 0.252 e. The number of carbonyl (C=O) groups is 1. The molecule has 0 spiro atoms. The van der Waals surface area contributed by atoms with Crippen LogP contribution < -0.4 is 10.1 Å². The standard InChI is InChI=1S/C40H38N2O4/c1-29-10-8-13-31(26-29)28-41-39(44)40(27-30-11-4-2-5-12-30)37(34-18-16-33(17-19-34)32-14-6-3-7-15-32)46-38(42-40)35-20-22-36(23-21-35)45-25-9-24-43/h2-8,10-23,26,37,43H,9,24-25,27-28H2,1H3,(H,41,44)/t37-,40-/m1/s1. The molecule has 1 heterocycles. The van der Waals surface area contributed by atoms with E-state index in [1.54, 1.807) is 0 Å². The number of hydrogen-bond donors (Lipinski definition) is 2. The number of amides is 1. The molecule has 0 aromatic heterocycles. The third kappa shape index (κ3) is 7.03. The summed E-state index contributed by atoms with van der Waals surface area (Å²) < 4.78 is 12.5. The quantitative estimate of drug-likeness (QED) is 0.146. The number of hydrogen-bond acceptors (Lipinski definition) is 5. The second-order valence-corrected chi connectivity index (χ2v) is 11.6. The van der Waals surface area contributed by atoms with Crippen LogP contribution in [-0.4, -0.2) is 35.7 Å². The molecule has 0 radical (unpaired) electrons. The zero-order valence-corrected chi connectivity index (χ0v) is 25.9. The Bertz CT molecular complexity index is 1770. The van der Waals surface area contributed by atoms with Gasteiger partial charge in [0.05, 0.1) is 6.61 Å². The molecule has 0 bridgehead atoms. The van der Waals surface area contributed by atoms with Crippen molar-refractivity contribution in [2.24, 2.45) is 4.99 Å². The van der Waals surface area contributed by atoms with Crippen LogP contribution in [0.15, 0.2) is 138 Å². The maximum absolute atomic E-state index is 14.5. The Balaban J connectivity index is 1.39. The van der Waals surface area contributed by atoms with Crippen LogP contribution >= 0.6 is 0 Å². The fourth-order valence-electron chi connectivity index (χ4n) is 5.83. The van der Waals surface area contributed by atoms with Crippen molar-refractivity contribution in [3.8, 4) is 16.9 Å². The second-order valence-electron chi connectivity index (χ2n) is 11.6. The lowest BCUT2D eigenvalue weighted by atomic mass is 9.81. The zero-order valence-electron chi connectivity index (χ0n) is 25.9. The van der Waals surface area contributed by atoms with E-state index in [2.05, 4.69) is 35.6 Å². The predicted octanol–water partition coefficient (Wildman–Crippen LogP) is 7.24. The summed E-state index contributed by atoms with van der Waals surface area (Å²) in [7, 11) is 0. The lowest BCUT2D eigenvalue weighted by Gasteiger charge is -2.31. The number of aliphatic imine (C=N–C) groups is 1. The fraction of sp³-hybridized carbons (Fsp3) is 0.200. The first-order valence-corrected chi connectivity index (χ1v) is 15.7. The highest BCUT2D eigenvalue weighted by molar-refractivity contribution is 6.01. The minimum Gasteiger partial charge on any atom is -0.494 e. The van der Waals surface area contributed by atoms with Crippen LogP contribution in [0.2, 0.25) is 0 Å². The van der Waals surface area contributed by atoms with Crippen molar-refractivity contribution in [1.82, 2.24) is 5.32 Å². The Morgan fingerprint density at radius 2 is 1.46 bits per heavy atom. The van der Waals surface area contributed by atoms with E-state index < -0.39 is 11.6 Å². The van der Waals surface area contributed by atoms with Gasteiger partial charge >= 0.3 is 0 Å². The third-order valence-electron chi connectivity index (χ3n) is 8.20. The summed E-state index contributed by atoms with van der Waals surface area (Å²) in [6.45, 7) is 2.92. The van der Waals surface area contributed by atoms with Gasteiger partial charge in [0.1, 0.15) is 5.75 Å².